The average Bonchev–Trinajstić information content (AvgIpc) is 2.79. The van der Waals surface area contributed by atoms with E-state index in [1.54, 1.807) is 6.92 Å². The lowest BCUT2D eigenvalue weighted by atomic mass is 9.83. The first-order valence-corrected chi connectivity index (χ1v) is 12.2. The van der Waals surface area contributed by atoms with Crippen LogP contribution in [-0.4, -0.2) is 60.4 Å². The third-order valence-corrected chi connectivity index (χ3v) is 5.83. The van der Waals surface area contributed by atoms with Crippen molar-refractivity contribution in [2.75, 3.05) is 6.61 Å². The van der Waals surface area contributed by atoms with Crippen LogP contribution in [0.4, 0.5) is 0 Å². The number of esters is 1. The molecule has 1 saturated carbocycles. The standard InChI is InChI=1S/C24H40N4O6/c1-5-34-24(33)21(17-9-7-6-8-10-17)28-22(31)19(12-11-18(30)14-25)27-23(32)20(13-15(2)3)26-16(4)29/h14-15,17,19-21,25H,5-13H2,1-4H3,(H,26,29)(H,27,32)(H,28,31)/t19-,20-,21?/m0/s1. The highest BCUT2D eigenvalue weighted by molar-refractivity contribution is 6.26. The van der Waals surface area contributed by atoms with Crippen molar-refractivity contribution in [2.24, 2.45) is 11.8 Å². The van der Waals surface area contributed by atoms with Crippen LogP contribution in [-0.2, 0) is 28.7 Å². The van der Waals surface area contributed by atoms with Crippen LogP contribution >= 0.6 is 0 Å². The number of nitrogens with one attached hydrogen (secondary N) is 4. The molecule has 0 radical (unpaired) electrons. The van der Waals surface area contributed by atoms with Crippen molar-refractivity contribution in [2.45, 2.75) is 97.2 Å². The molecule has 0 bridgehead atoms. The van der Waals surface area contributed by atoms with Gasteiger partial charge in [-0.3, -0.25) is 19.2 Å². The molecule has 10 nitrogen and oxygen atoms in total. The molecule has 1 fully saturated rings. The molecule has 10 heteroatoms. The SMILES string of the molecule is CCOC(=O)C(NC(=O)[C@H](CCC(=O)C=N)NC(=O)[C@H](CC(C)C)NC(C)=O)C1CCCCC1. The van der Waals surface area contributed by atoms with Gasteiger partial charge in [-0.05, 0) is 44.4 Å². The van der Waals surface area contributed by atoms with Crippen molar-refractivity contribution >= 4 is 35.7 Å². The monoisotopic (exact) mass is 480 g/mol. The maximum Gasteiger partial charge on any atom is 0.328 e. The molecule has 1 aliphatic rings. The molecule has 0 spiro atoms. The molecule has 0 aromatic rings. The van der Waals surface area contributed by atoms with Crippen molar-refractivity contribution in [3.63, 3.8) is 0 Å². The van der Waals surface area contributed by atoms with Gasteiger partial charge < -0.3 is 26.1 Å². The minimum absolute atomic E-state index is 0.0412. The summed E-state index contributed by atoms with van der Waals surface area (Å²) in [7, 11) is 0. The van der Waals surface area contributed by atoms with E-state index in [9.17, 15) is 24.0 Å². The van der Waals surface area contributed by atoms with Crippen molar-refractivity contribution < 1.29 is 28.7 Å². The number of ether oxygens (including phenoxy) is 1. The molecule has 3 amide bonds. The van der Waals surface area contributed by atoms with Gasteiger partial charge in [-0.2, -0.15) is 0 Å². The van der Waals surface area contributed by atoms with Crippen molar-refractivity contribution in [1.29, 1.82) is 5.41 Å². The fourth-order valence-electron chi connectivity index (χ4n) is 4.17. The summed E-state index contributed by atoms with van der Waals surface area (Å²) < 4.78 is 5.19. The molecule has 0 saturated heterocycles. The summed E-state index contributed by atoms with van der Waals surface area (Å²) in [6.07, 6.45) is 5.43. The van der Waals surface area contributed by atoms with E-state index >= 15 is 0 Å². The van der Waals surface area contributed by atoms with Crippen molar-refractivity contribution in [1.82, 2.24) is 16.0 Å². The summed E-state index contributed by atoms with van der Waals surface area (Å²) in [5, 5.41) is 15.1. The molecule has 4 N–H and O–H groups in total. The Morgan fingerprint density at radius 3 is 2.12 bits per heavy atom. The van der Waals surface area contributed by atoms with Gasteiger partial charge in [-0.15, -0.1) is 0 Å². The fourth-order valence-corrected chi connectivity index (χ4v) is 4.17. The molecular formula is C24H40N4O6. The van der Waals surface area contributed by atoms with Crippen LogP contribution < -0.4 is 16.0 Å². The van der Waals surface area contributed by atoms with Crippen LogP contribution in [0.3, 0.4) is 0 Å². The number of Topliss-reactive ketones (excluding diaryl/α,β-unsaturated/α-hetero) is 1. The molecule has 192 valence electrons. The number of hydrogen-bond donors (Lipinski definition) is 4. The smallest absolute Gasteiger partial charge is 0.328 e. The Morgan fingerprint density at radius 1 is 0.971 bits per heavy atom. The lowest BCUT2D eigenvalue weighted by Gasteiger charge is -2.31. The first-order valence-electron chi connectivity index (χ1n) is 12.2. The molecule has 1 rings (SSSR count). The average molecular weight is 481 g/mol. The minimum atomic E-state index is -1.11. The minimum Gasteiger partial charge on any atom is -0.464 e. The zero-order chi connectivity index (χ0) is 25.7. The van der Waals surface area contributed by atoms with E-state index in [0.29, 0.717) is 12.6 Å². The number of amides is 3. The summed E-state index contributed by atoms with van der Waals surface area (Å²) in [5.41, 5.74) is 0. The van der Waals surface area contributed by atoms with Crippen LogP contribution in [0, 0.1) is 17.2 Å². The number of ketones is 1. The summed E-state index contributed by atoms with van der Waals surface area (Å²) in [4.78, 5) is 62.1. The maximum atomic E-state index is 13.2. The lowest BCUT2D eigenvalue weighted by molar-refractivity contribution is -0.150. The Bertz CT molecular complexity index is 733. The van der Waals surface area contributed by atoms with Gasteiger partial charge in [0.15, 0.2) is 5.78 Å². The van der Waals surface area contributed by atoms with Crippen molar-refractivity contribution in [3.05, 3.63) is 0 Å². The van der Waals surface area contributed by atoms with Crippen molar-refractivity contribution in [3.8, 4) is 0 Å². The van der Waals surface area contributed by atoms with Gasteiger partial charge in [0.05, 0.1) is 12.8 Å². The van der Waals surface area contributed by atoms with Crippen LogP contribution in [0.5, 0.6) is 0 Å². The second-order valence-electron chi connectivity index (χ2n) is 9.23. The van der Waals surface area contributed by atoms with Gasteiger partial charge in [-0.25, -0.2) is 4.79 Å². The predicted octanol–water partition coefficient (Wildman–Crippen LogP) is 1.65. The van der Waals surface area contributed by atoms with Gasteiger partial charge in [0.25, 0.3) is 0 Å². The predicted molar refractivity (Wildman–Crippen MR) is 127 cm³/mol. The first kappa shape index (κ1) is 29.3. The van der Waals surface area contributed by atoms with E-state index in [1.165, 1.54) is 6.92 Å². The van der Waals surface area contributed by atoms with Crippen LogP contribution in [0.1, 0.15) is 79.1 Å². The number of hydrogen-bond acceptors (Lipinski definition) is 7. The number of rotatable bonds is 14. The summed E-state index contributed by atoms with van der Waals surface area (Å²) in [6.45, 7) is 6.99. The zero-order valence-electron chi connectivity index (χ0n) is 20.8. The summed E-state index contributed by atoms with van der Waals surface area (Å²) in [6, 6.07) is -2.79. The topological polar surface area (TPSA) is 155 Å². The zero-order valence-corrected chi connectivity index (χ0v) is 20.8. The van der Waals surface area contributed by atoms with E-state index in [0.717, 1.165) is 32.1 Å². The van der Waals surface area contributed by atoms with Gasteiger partial charge >= 0.3 is 5.97 Å². The van der Waals surface area contributed by atoms with E-state index in [-0.39, 0.29) is 37.2 Å². The van der Waals surface area contributed by atoms with Gasteiger partial charge in [0, 0.05) is 13.3 Å². The molecule has 0 heterocycles. The largest absolute Gasteiger partial charge is 0.464 e. The third kappa shape index (κ3) is 10.4. The Hall–Kier alpha value is -2.78. The van der Waals surface area contributed by atoms with Gasteiger partial charge in [-0.1, -0.05) is 33.1 Å². The molecule has 1 unspecified atom stereocenters. The van der Waals surface area contributed by atoms with Gasteiger partial charge in [0.1, 0.15) is 18.1 Å². The molecule has 0 aromatic carbocycles. The van der Waals surface area contributed by atoms with E-state index in [2.05, 4.69) is 16.0 Å². The molecule has 34 heavy (non-hydrogen) atoms. The van der Waals surface area contributed by atoms with Crippen LogP contribution in [0.2, 0.25) is 0 Å². The summed E-state index contributed by atoms with van der Waals surface area (Å²) in [5.74, 6) is -2.47. The molecule has 0 aliphatic heterocycles. The second-order valence-corrected chi connectivity index (χ2v) is 9.23. The Labute approximate surface area is 201 Å². The summed E-state index contributed by atoms with van der Waals surface area (Å²) >= 11 is 0. The second kappa shape index (κ2) is 15.2. The Kier molecular flexibility index (Phi) is 13.1. The highest BCUT2D eigenvalue weighted by Crippen LogP contribution is 2.27. The lowest BCUT2D eigenvalue weighted by Crippen LogP contribution is -2.57. The molecular weight excluding hydrogens is 440 g/mol. The number of carbonyl (C=O) groups is 5. The molecule has 0 aromatic heterocycles. The van der Waals surface area contributed by atoms with E-state index in [4.69, 9.17) is 10.1 Å². The van der Waals surface area contributed by atoms with Crippen LogP contribution in [0.15, 0.2) is 0 Å². The highest BCUT2D eigenvalue weighted by Gasteiger charge is 2.35. The quantitative estimate of drug-likeness (QED) is 0.219. The normalized spacial score (nSPS) is 16.6. The third-order valence-electron chi connectivity index (χ3n) is 5.83. The van der Waals surface area contributed by atoms with Gasteiger partial charge in [0.2, 0.25) is 17.7 Å². The molecule has 3 atom stereocenters. The maximum absolute atomic E-state index is 13.2. The van der Waals surface area contributed by atoms with Crippen LogP contribution in [0.25, 0.3) is 0 Å². The fraction of sp³-hybridized carbons (Fsp3) is 0.750. The van der Waals surface area contributed by atoms with E-state index in [1.807, 2.05) is 13.8 Å². The Balaban J connectivity index is 3.06. The first-order chi connectivity index (χ1) is 16.1. The molecule has 1 aliphatic carbocycles. The number of carbonyl (C=O) groups excluding carboxylic acids is 5. The van der Waals surface area contributed by atoms with E-state index < -0.39 is 41.7 Å². The Morgan fingerprint density at radius 2 is 1.59 bits per heavy atom. The highest BCUT2D eigenvalue weighted by atomic mass is 16.5.